The number of aliphatic hydroxyl groups is 1. The number of carbonyl (C=O) groups is 1. The summed E-state index contributed by atoms with van der Waals surface area (Å²) in [4.78, 5) is 18.5. The van der Waals surface area contributed by atoms with E-state index in [1.807, 2.05) is 16.3 Å². The molecule has 3 rings (SSSR count). The standard InChI is InChI=1S/C18H28N2O3S/c1-2-17-8-16(13-24-17)18(22)20-10-14(7-15(11-20)12-21)9-19-3-5-23-6-4-19/h8,13-15,21H,2-7,9-12H2,1H3/t14-,15+/m0/s1. The highest BCUT2D eigenvalue weighted by atomic mass is 32.1. The maximum absolute atomic E-state index is 12.8. The van der Waals surface area contributed by atoms with Crippen molar-refractivity contribution in [3.05, 3.63) is 21.9 Å². The average molecular weight is 353 g/mol. The van der Waals surface area contributed by atoms with Gasteiger partial charge in [-0.15, -0.1) is 11.3 Å². The molecule has 1 aromatic rings. The lowest BCUT2D eigenvalue weighted by Crippen LogP contribution is -2.49. The van der Waals surface area contributed by atoms with Crippen LogP contribution in [0.25, 0.3) is 0 Å². The highest BCUT2D eigenvalue weighted by Gasteiger charge is 2.31. The van der Waals surface area contributed by atoms with Crippen LogP contribution in [0.3, 0.4) is 0 Å². The number of hydrogen-bond donors (Lipinski definition) is 1. The van der Waals surface area contributed by atoms with Crippen LogP contribution >= 0.6 is 11.3 Å². The fourth-order valence-corrected chi connectivity index (χ4v) is 4.57. The number of morpholine rings is 1. The zero-order chi connectivity index (χ0) is 16.9. The molecule has 134 valence electrons. The number of likely N-dealkylation sites (tertiary alicyclic amines) is 1. The molecule has 0 unspecified atom stereocenters. The van der Waals surface area contributed by atoms with Crippen molar-refractivity contribution in [2.45, 2.75) is 19.8 Å². The Morgan fingerprint density at radius 3 is 2.75 bits per heavy atom. The summed E-state index contributed by atoms with van der Waals surface area (Å²) in [5, 5.41) is 11.6. The van der Waals surface area contributed by atoms with E-state index in [1.54, 1.807) is 11.3 Å². The highest BCUT2D eigenvalue weighted by molar-refractivity contribution is 7.10. The second-order valence-corrected chi connectivity index (χ2v) is 7.92. The summed E-state index contributed by atoms with van der Waals surface area (Å²) in [6, 6.07) is 2.02. The summed E-state index contributed by atoms with van der Waals surface area (Å²) in [5.41, 5.74) is 0.806. The third-order valence-corrected chi connectivity index (χ3v) is 6.12. The van der Waals surface area contributed by atoms with Gasteiger partial charge in [0.25, 0.3) is 5.91 Å². The molecular formula is C18H28N2O3S. The molecule has 2 aliphatic rings. The van der Waals surface area contributed by atoms with Gasteiger partial charge in [0.15, 0.2) is 0 Å². The molecule has 1 N–H and O–H groups in total. The third-order valence-electron chi connectivity index (χ3n) is 5.04. The largest absolute Gasteiger partial charge is 0.396 e. The van der Waals surface area contributed by atoms with Crippen LogP contribution in [0.2, 0.25) is 0 Å². The zero-order valence-electron chi connectivity index (χ0n) is 14.4. The Kier molecular flexibility index (Phi) is 6.27. The SMILES string of the molecule is CCc1cc(C(=O)N2C[C@H](CO)C[C@@H](CN3CCOCC3)C2)cs1. The smallest absolute Gasteiger partial charge is 0.254 e. The number of aryl methyl sites for hydroxylation is 1. The number of nitrogens with zero attached hydrogens (tertiary/aromatic N) is 2. The Balaban J connectivity index is 1.64. The van der Waals surface area contributed by atoms with E-state index >= 15 is 0 Å². The van der Waals surface area contributed by atoms with Crippen LogP contribution in [0.15, 0.2) is 11.4 Å². The topological polar surface area (TPSA) is 53.0 Å². The molecule has 1 aromatic heterocycles. The minimum atomic E-state index is 0.121. The predicted molar refractivity (Wildman–Crippen MR) is 95.5 cm³/mol. The molecule has 1 amide bonds. The van der Waals surface area contributed by atoms with Crippen LogP contribution in [-0.4, -0.2) is 73.4 Å². The van der Waals surface area contributed by atoms with Gasteiger partial charge in [-0.1, -0.05) is 6.92 Å². The van der Waals surface area contributed by atoms with Crippen molar-refractivity contribution in [3.8, 4) is 0 Å². The first-order valence-electron chi connectivity index (χ1n) is 8.97. The van der Waals surface area contributed by atoms with Crippen LogP contribution in [0, 0.1) is 11.8 Å². The quantitative estimate of drug-likeness (QED) is 0.877. The van der Waals surface area contributed by atoms with Crippen molar-refractivity contribution in [1.29, 1.82) is 0 Å². The normalized spacial score (nSPS) is 25.8. The zero-order valence-corrected chi connectivity index (χ0v) is 15.3. The molecule has 24 heavy (non-hydrogen) atoms. The molecule has 0 aliphatic carbocycles. The first kappa shape index (κ1) is 17.9. The maximum atomic E-state index is 12.8. The van der Waals surface area contributed by atoms with E-state index in [-0.39, 0.29) is 18.4 Å². The first-order valence-corrected chi connectivity index (χ1v) is 9.85. The van der Waals surface area contributed by atoms with Gasteiger partial charge in [-0.05, 0) is 30.7 Å². The van der Waals surface area contributed by atoms with Crippen molar-refractivity contribution in [3.63, 3.8) is 0 Å². The van der Waals surface area contributed by atoms with Crippen LogP contribution in [-0.2, 0) is 11.2 Å². The van der Waals surface area contributed by atoms with Crippen molar-refractivity contribution in [2.75, 3.05) is 52.5 Å². The molecule has 0 aromatic carbocycles. The van der Waals surface area contributed by atoms with Crippen molar-refractivity contribution in [1.82, 2.24) is 9.80 Å². The Hall–Kier alpha value is -0.950. The molecule has 0 bridgehead atoms. The molecule has 0 spiro atoms. The lowest BCUT2D eigenvalue weighted by Gasteiger charge is -2.40. The van der Waals surface area contributed by atoms with E-state index in [0.717, 1.165) is 57.8 Å². The Bertz CT molecular complexity index is 542. The fourth-order valence-electron chi connectivity index (χ4n) is 3.76. The van der Waals surface area contributed by atoms with E-state index in [9.17, 15) is 9.90 Å². The molecular weight excluding hydrogens is 324 g/mol. The number of hydrogen-bond acceptors (Lipinski definition) is 5. The van der Waals surface area contributed by atoms with Gasteiger partial charge in [0.1, 0.15) is 0 Å². The number of thiophene rings is 1. The second kappa shape index (κ2) is 8.43. The molecule has 2 saturated heterocycles. The maximum Gasteiger partial charge on any atom is 0.254 e. The molecule has 0 radical (unpaired) electrons. The third kappa shape index (κ3) is 4.36. The van der Waals surface area contributed by atoms with Crippen molar-refractivity contribution >= 4 is 17.2 Å². The van der Waals surface area contributed by atoms with Crippen molar-refractivity contribution in [2.24, 2.45) is 11.8 Å². The van der Waals surface area contributed by atoms with Gasteiger partial charge in [0.05, 0.1) is 18.8 Å². The minimum absolute atomic E-state index is 0.121. The summed E-state index contributed by atoms with van der Waals surface area (Å²) >= 11 is 1.66. The van der Waals surface area contributed by atoms with Gasteiger partial charge in [-0.3, -0.25) is 9.69 Å². The Morgan fingerprint density at radius 1 is 1.33 bits per heavy atom. The molecule has 5 nitrogen and oxygen atoms in total. The first-order chi connectivity index (χ1) is 11.7. The van der Waals surface area contributed by atoms with Gasteiger partial charge < -0.3 is 14.7 Å². The van der Waals surface area contributed by atoms with E-state index in [2.05, 4.69) is 11.8 Å². The summed E-state index contributed by atoms with van der Waals surface area (Å²) in [5.74, 6) is 0.747. The van der Waals surface area contributed by atoms with Gasteiger partial charge in [0, 0.05) is 49.6 Å². The van der Waals surface area contributed by atoms with Crippen LogP contribution in [0.4, 0.5) is 0 Å². The van der Waals surface area contributed by atoms with Crippen LogP contribution in [0.5, 0.6) is 0 Å². The number of aliphatic hydroxyl groups excluding tert-OH is 1. The van der Waals surface area contributed by atoms with E-state index in [0.29, 0.717) is 12.5 Å². The summed E-state index contributed by atoms with van der Waals surface area (Å²) in [6.45, 7) is 8.27. The number of carbonyl (C=O) groups excluding carboxylic acids is 1. The Labute approximate surface area is 148 Å². The number of amides is 1. The molecule has 0 saturated carbocycles. The Morgan fingerprint density at radius 2 is 2.08 bits per heavy atom. The number of ether oxygens (including phenoxy) is 1. The van der Waals surface area contributed by atoms with Crippen LogP contribution < -0.4 is 0 Å². The average Bonchev–Trinajstić information content (AvgIpc) is 3.10. The monoisotopic (exact) mass is 352 g/mol. The molecule has 2 atom stereocenters. The second-order valence-electron chi connectivity index (χ2n) is 6.93. The summed E-state index contributed by atoms with van der Waals surface area (Å²) in [6.07, 6.45) is 1.97. The molecule has 6 heteroatoms. The molecule has 2 aliphatic heterocycles. The van der Waals surface area contributed by atoms with Gasteiger partial charge >= 0.3 is 0 Å². The van der Waals surface area contributed by atoms with Gasteiger partial charge in [-0.2, -0.15) is 0 Å². The van der Waals surface area contributed by atoms with E-state index in [4.69, 9.17) is 4.74 Å². The van der Waals surface area contributed by atoms with Gasteiger partial charge in [-0.25, -0.2) is 0 Å². The highest BCUT2D eigenvalue weighted by Crippen LogP contribution is 2.25. The fraction of sp³-hybridized carbons (Fsp3) is 0.722. The summed E-state index contributed by atoms with van der Waals surface area (Å²) in [7, 11) is 0. The van der Waals surface area contributed by atoms with E-state index < -0.39 is 0 Å². The van der Waals surface area contributed by atoms with Crippen molar-refractivity contribution < 1.29 is 14.6 Å². The lowest BCUT2D eigenvalue weighted by atomic mass is 9.88. The van der Waals surface area contributed by atoms with E-state index in [1.165, 1.54) is 4.88 Å². The number of piperidine rings is 1. The summed E-state index contributed by atoms with van der Waals surface area (Å²) < 4.78 is 5.42. The molecule has 2 fully saturated rings. The predicted octanol–water partition coefficient (Wildman–Crippen LogP) is 1.71. The van der Waals surface area contributed by atoms with Crippen LogP contribution in [0.1, 0.15) is 28.6 Å². The van der Waals surface area contributed by atoms with Gasteiger partial charge in [0.2, 0.25) is 0 Å². The lowest BCUT2D eigenvalue weighted by molar-refractivity contribution is 0.0130. The molecule has 3 heterocycles. The number of rotatable bonds is 5. The minimum Gasteiger partial charge on any atom is -0.396 e.